The molecule has 0 aromatic heterocycles. The Hall–Kier alpha value is -1.22. The SMILES string of the molecule is NC(CCF)C(=O)c1ccccc1. The van der Waals surface area contributed by atoms with Crippen LogP contribution in [0.25, 0.3) is 0 Å². The lowest BCUT2D eigenvalue weighted by Crippen LogP contribution is -2.30. The van der Waals surface area contributed by atoms with E-state index in [9.17, 15) is 9.18 Å². The second-order valence-electron chi connectivity index (χ2n) is 2.81. The molecular weight excluding hydrogens is 169 g/mol. The fourth-order valence-electron chi connectivity index (χ4n) is 1.07. The van der Waals surface area contributed by atoms with Crippen LogP contribution in [0.15, 0.2) is 30.3 Å². The molecule has 0 bridgehead atoms. The van der Waals surface area contributed by atoms with Crippen LogP contribution in [0, 0.1) is 0 Å². The van der Waals surface area contributed by atoms with Gasteiger partial charge in [-0.3, -0.25) is 9.18 Å². The zero-order valence-electron chi connectivity index (χ0n) is 7.24. The minimum atomic E-state index is -0.715. The third kappa shape index (κ3) is 2.63. The van der Waals surface area contributed by atoms with Crippen molar-refractivity contribution in [3.05, 3.63) is 35.9 Å². The normalized spacial score (nSPS) is 12.5. The van der Waals surface area contributed by atoms with Crippen molar-refractivity contribution in [2.24, 2.45) is 5.73 Å². The van der Waals surface area contributed by atoms with E-state index in [1.54, 1.807) is 24.3 Å². The first-order valence-corrected chi connectivity index (χ1v) is 4.16. The molecule has 2 N–H and O–H groups in total. The quantitative estimate of drug-likeness (QED) is 0.716. The van der Waals surface area contributed by atoms with Gasteiger partial charge in [-0.1, -0.05) is 30.3 Å². The Kier molecular flexibility index (Phi) is 3.58. The van der Waals surface area contributed by atoms with Gasteiger partial charge in [0.15, 0.2) is 5.78 Å². The van der Waals surface area contributed by atoms with Crippen LogP contribution in [0.1, 0.15) is 16.8 Å². The largest absolute Gasteiger partial charge is 0.321 e. The first-order valence-electron chi connectivity index (χ1n) is 4.16. The van der Waals surface area contributed by atoms with Crippen LogP contribution in [0.4, 0.5) is 4.39 Å². The van der Waals surface area contributed by atoms with Gasteiger partial charge in [0.25, 0.3) is 0 Å². The number of rotatable bonds is 4. The first kappa shape index (κ1) is 9.86. The smallest absolute Gasteiger partial charge is 0.179 e. The van der Waals surface area contributed by atoms with Gasteiger partial charge >= 0.3 is 0 Å². The number of carbonyl (C=O) groups is 1. The summed E-state index contributed by atoms with van der Waals surface area (Å²) in [6.07, 6.45) is 0.0910. The zero-order valence-corrected chi connectivity index (χ0v) is 7.24. The number of alkyl halides is 1. The summed E-state index contributed by atoms with van der Waals surface area (Å²) in [5.41, 5.74) is 6.02. The summed E-state index contributed by atoms with van der Waals surface area (Å²) in [6.45, 7) is -0.556. The number of benzene rings is 1. The monoisotopic (exact) mass is 181 g/mol. The Labute approximate surface area is 76.6 Å². The minimum Gasteiger partial charge on any atom is -0.321 e. The van der Waals surface area contributed by atoms with Crippen LogP contribution < -0.4 is 5.73 Å². The molecule has 0 spiro atoms. The van der Waals surface area contributed by atoms with Crippen LogP contribution in [0.2, 0.25) is 0 Å². The van der Waals surface area contributed by atoms with Crippen molar-refractivity contribution in [3.8, 4) is 0 Å². The predicted molar refractivity (Wildman–Crippen MR) is 49.3 cm³/mol. The van der Waals surface area contributed by atoms with Gasteiger partial charge in [0.05, 0.1) is 12.7 Å². The number of Topliss-reactive ketones (excluding diaryl/α,β-unsaturated/α-hetero) is 1. The van der Waals surface area contributed by atoms with E-state index in [0.29, 0.717) is 5.56 Å². The van der Waals surface area contributed by atoms with Crippen molar-refractivity contribution in [3.63, 3.8) is 0 Å². The maximum Gasteiger partial charge on any atom is 0.179 e. The van der Waals surface area contributed by atoms with E-state index in [2.05, 4.69) is 0 Å². The average Bonchev–Trinajstić information content (AvgIpc) is 2.18. The Morgan fingerprint density at radius 1 is 1.38 bits per heavy atom. The molecule has 0 heterocycles. The Balaban J connectivity index is 2.68. The molecule has 1 aromatic rings. The molecule has 0 amide bonds. The van der Waals surface area contributed by atoms with Crippen molar-refractivity contribution in [1.29, 1.82) is 0 Å². The highest BCUT2D eigenvalue weighted by atomic mass is 19.1. The van der Waals surface area contributed by atoms with Crippen LogP contribution in [-0.4, -0.2) is 18.5 Å². The van der Waals surface area contributed by atoms with E-state index in [-0.39, 0.29) is 12.2 Å². The van der Waals surface area contributed by atoms with E-state index in [1.165, 1.54) is 0 Å². The third-order valence-electron chi connectivity index (χ3n) is 1.82. The van der Waals surface area contributed by atoms with Crippen LogP contribution >= 0.6 is 0 Å². The molecule has 0 fully saturated rings. The average molecular weight is 181 g/mol. The molecule has 1 unspecified atom stereocenters. The lowest BCUT2D eigenvalue weighted by molar-refractivity contribution is 0.0953. The van der Waals surface area contributed by atoms with E-state index >= 15 is 0 Å². The molecule has 1 aromatic carbocycles. The Bertz CT molecular complexity index is 274. The van der Waals surface area contributed by atoms with Crippen LogP contribution in [0.5, 0.6) is 0 Å². The molecule has 0 saturated carbocycles. The minimum absolute atomic E-state index is 0.0910. The van der Waals surface area contributed by atoms with Gasteiger partial charge in [-0.05, 0) is 6.42 Å². The molecular formula is C10H12FNO. The Morgan fingerprint density at radius 2 is 2.00 bits per heavy atom. The maximum absolute atomic E-state index is 11.9. The molecule has 13 heavy (non-hydrogen) atoms. The van der Waals surface area contributed by atoms with Crippen LogP contribution in [0.3, 0.4) is 0 Å². The number of carbonyl (C=O) groups excluding carboxylic acids is 1. The van der Waals surface area contributed by atoms with Crippen LogP contribution in [-0.2, 0) is 0 Å². The molecule has 70 valence electrons. The van der Waals surface area contributed by atoms with Gasteiger partial charge in [0.1, 0.15) is 0 Å². The molecule has 0 aliphatic heterocycles. The fourth-order valence-corrected chi connectivity index (χ4v) is 1.07. The van der Waals surface area contributed by atoms with Crippen molar-refractivity contribution in [1.82, 2.24) is 0 Å². The lowest BCUT2D eigenvalue weighted by Gasteiger charge is -2.07. The number of hydrogen-bond acceptors (Lipinski definition) is 2. The second kappa shape index (κ2) is 4.72. The summed E-state index contributed by atoms with van der Waals surface area (Å²) >= 11 is 0. The Morgan fingerprint density at radius 3 is 2.54 bits per heavy atom. The van der Waals surface area contributed by atoms with E-state index in [4.69, 9.17) is 5.73 Å². The molecule has 0 saturated heterocycles. The van der Waals surface area contributed by atoms with Crippen molar-refractivity contribution >= 4 is 5.78 Å². The maximum atomic E-state index is 11.9. The van der Waals surface area contributed by atoms with E-state index in [0.717, 1.165) is 0 Å². The zero-order chi connectivity index (χ0) is 9.68. The molecule has 0 aliphatic carbocycles. The summed E-state index contributed by atoms with van der Waals surface area (Å²) in [6, 6.07) is 7.98. The van der Waals surface area contributed by atoms with Gasteiger partial charge in [-0.2, -0.15) is 0 Å². The number of halogens is 1. The van der Waals surface area contributed by atoms with E-state index in [1.807, 2.05) is 6.07 Å². The molecule has 0 aliphatic rings. The molecule has 3 heteroatoms. The van der Waals surface area contributed by atoms with Gasteiger partial charge < -0.3 is 5.73 Å². The number of ketones is 1. The first-order chi connectivity index (χ1) is 6.25. The van der Waals surface area contributed by atoms with Gasteiger partial charge in [-0.25, -0.2) is 0 Å². The topological polar surface area (TPSA) is 43.1 Å². The standard InChI is InChI=1S/C10H12FNO/c11-7-6-9(12)10(13)8-4-2-1-3-5-8/h1-5,9H,6-7,12H2. The predicted octanol–water partition coefficient (Wildman–Crippen LogP) is 1.56. The molecule has 1 rings (SSSR count). The molecule has 1 atom stereocenters. The molecule has 2 nitrogen and oxygen atoms in total. The number of hydrogen-bond donors (Lipinski definition) is 1. The van der Waals surface area contributed by atoms with E-state index < -0.39 is 12.7 Å². The number of nitrogens with two attached hydrogens (primary N) is 1. The van der Waals surface area contributed by atoms with Gasteiger partial charge in [0.2, 0.25) is 0 Å². The van der Waals surface area contributed by atoms with Crippen molar-refractivity contribution < 1.29 is 9.18 Å². The highest BCUT2D eigenvalue weighted by Crippen LogP contribution is 2.04. The summed E-state index contributed by atoms with van der Waals surface area (Å²) < 4.78 is 11.9. The lowest BCUT2D eigenvalue weighted by atomic mass is 10.0. The fraction of sp³-hybridized carbons (Fsp3) is 0.300. The molecule has 0 radical (unpaired) electrons. The summed E-state index contributed by atoms with van der Waals surface area (Å²) in [4.78, 5) is 11.4. The summed E-state index contributed by atoms with van der Waals surface area (Å²) in [7, 11) is 0. The van der Waals surface area contributed by atoms with Crippen molar-refractivity contribution in [2.75, 3.05) is 6.67 Å². The van der Waals surface area contributed by atoms with Gasteiger partial charge in [-0.15, -0.1) is 0 Å². The van der Waals surface area contributed by atoms with Gasteiger partial charge in [0, 0.05) is 5.56 Å². The summed E-state index contributed by atoms with van der Waals surface area (Å²) in [5, 5.41) is 0. The highest BCUT2D eigenvalue weighted by Gasteiger charge is 2.14. The summed E-state index contributed by atoms with van der Waals surface area (Å²) in [5.74, 6) is -0.196. The highest BCUT2D eigenvalue weighted by molar-refractivity contribution is 5.99. The van der Waals surface area contributed by atoms with Crippen molar-refractivity contribution in [2.45, 2.75) is 12.5 Å². The second-order valence-corrected chi connectivity index (χ2v) is 2.81. The third-order valence-corrected chi connectivity index (χ3v) is 1.82.